The predicted octanol–water partition coefficient (Wildman–Crippen LogP) is 4.77. The first-order valence-electron chi connectivity index (χ1n) is 12.1. The van der Waals surface area contributed by atoms with Gasteiger partial charge in [0.05, 0.1) is 39.8 Å². The van der Waals surface area contributed by atoms with E-state index in [1.807, 2.05) is 24.3 Å². The Labute approximate surface area is 219 Å². The van der Waals surface area contributed by atoms with E-state index in [0.29, 0.717) is 23.9 Å². The van der Waals surface area contributed by atoms with E-state index in [1.54, 1.807) is 56.3 Å². The molecule has 4 aromatic rings. The summed E-state index contributed by atoms with van der Waals surface area (Å²) in [5.41, 5.74) is 2.69. The molecule has 1 aliphatic heterocycles. The molecule has 0 spiro atoms. The average Bonchev–Trinajstić information content (AvgIpc) is 3.35. The number of fused-ring (bicyclic) bond motifs is 1. The Hall–Kier alpha value is -4.60. The van der Waals surface area contributed by atoms with Crippen LogP contribution in [0.25, 0.3) is 0 Å². The third-order valence-corrected chi connectivity index (χ3v) is 6.53. The zero-order chi connectivity index (χ0) is 26.6. The van der Waals surface area contributed by atoms with Crippen LogP contribution in [0, 0.1) is 5.82 Å². The molecule has 0 unspecified atom stereocenters. The fraction of sp³-hybridized carbons (Fsp3) is 0.250. The number of nitrogens with one attached hydrogen (secondary N) is 2. The molecule has 0 saturated carbocycles. The Morgan fingerprint density at radius 1 is 0.974 bits per heavy atom. The van der Waals surface area contributed by atoms with Gasteiger partial charge in [-0.05, 0) is 59.5 Å². The lowest BCUT2D eigenvalue weighted by molar-refractivity contribution is -0.115. The fourth-order valence-electron chi connectivity index (χ4n) is 4.59. The summed E-state index contributed by atoms with van der Waals surface area (Å²) in [7, 11) is 4.73. The van der Waals surface area contributed by atoms with Crippen LogP contribution in [-0.2, 0) is 11.2 Å². The SMILES string of the molecule is COc1ccc([C@H]2C[C@H](c3ccc(F)cc3)n3nc(NC(=O)Cc4ccc(OC)c(OC)c4)nc3N2)cc1. The van der Waals surface area contributed by atoms with Gasteiger partial charge in [-0.25, -0.2) is 9.07 Å². The molecule has 2 heterocycles. The van der Waals surface area contributed by atoms with Crippen molar-refractivity contribution in [3.8, 4) is 17.2 Å². The molecule has 5 rings (SSSR count). The van der Waals surface area contributed by atoms with E-state index in [2.05, 4.69) is 20.7 Å². The maximum atomic E-state index is 13.7. The van der Waals surface area contributed by atoms with E-state index >= 15 is 0 Å². The van der Waals surface area contributed by atoms with Crippen LogP contribution in [0.2, 0.25) is 0 Å². The first-order chi connectivity index (χ1) is 18.5. The summed E-state index contributed by atoms with van der Waals surface area (Å²) in [5, 5.41) is 10.8. The number of rotatable bonds is 8. The molecule has 2 N–H and O–H groups in total. The van der Waals surface area contributed by atoms with E-state index in [-0.39, 0.29) is 36.2 Å². The van der Waals surface area contributed by atoms with Crippen LogP contribution < -0.4 is 24.8 Å². The minimum atomic E-state index is -0.309. The molecule has 196 valence electrons. The van der Waals surface area contributed by atoms with E-state index < -0.39 is 0 Å². The molecule has 3 aromatic carbocycles. The van der Waals surface area contributed by atoms with Crippen LogP contribution in [-0.4, -0.2) is 42.0 Å². The number of hydrogen-bond acceptors (Lipinski definition) is 7. The van der Waals surface area contributed by atoms with E-state index in [9.17, 15) is 9.18 Å². The molecule has 1 amide bonds. The minimum absolute atomic E-state index is 0.0806. The maximum absolute atomic E-state index is 13.7. The number of hydrogen-bond donors (Lipinski definition) is 2. The van der Waals surface area contributed by atoms with Crippen LogP contribution in [0.3, 0.4) is 0 Å². The first kappa shape index (κ1) is 25.1. The van der Waals surface area contributed by atoms with Crippen molar-refractivity contribution in [3.63, 3.8) is 0 Å². The molecule has 0 bridgehead atoms. The average molecular weight is 518 g/mol. The topological polar surface area (TPSA) is 99.5 Å². The number of methoxy groups -OCH3 is 3. The van der Waals surface area contributed by atoms with Crippen molar-refractivity contribution in [2.45, 2.75) is 24.9 Å². The van der Waals surface area contributed by atoms with Gasteiger partial charge in [-0.15, -0.1) is 5.10 Å². The molecular weight excluding hydrogens is 489 g/mol. The third kappa shape index (κ3) is 5.24. The van der Waals surface area contributed by atoms with Crippen LogP contribution in [0.5, 0.6) is 17.2 Å². The summed E-state index contributed by atoms with van der Waals surface area (Å²) in [6.07, 6.45) is 0.751. The Morgan fingerprint density at radius 3 is 2.37 bits per heavy atom. The van der Waals surface area contributed by atoms with Crippen molar-refractivity contribution >= 4 is 17.8 Å². The standard InChI is InChI=1S/C28H28FN5O4/c1-36-21-11-7-18(8-12-21)22-16-23(19-5-9-20(29)10-6-19)34-28(30-22)32-27(33-34)31-26(35)15-17-4-13-24(37-2)25(14-17)38-3/h4-14,22-23H,15-16H2,1-3H3,(H2,30,31,32,33,35)/t22-,23-/m1/s1. The second-order valence-electron chi connectivity index (χ2n) is 8.89. The van der Waals surface area contributed by atoms with Gasteiger partial charge in [0, 0.05) is 0 Å². The molecule has 38 heavy (non-hydrogen) atoms. The van der Waals surface area contributed by atoms with Gasteiger partial charge in [-0.3, -0.25) is 10.1 Å². The van der Waals surface area contributed by atoms with Crippen molar-refractivity contribution in [2.75, 3.05) is 32.0 Å². The number of ether oxygens (including phenoxy) is 3. The van der Waals surface area contributed by atoms with Crippen molar-refractivity contribution in [3.05, 3.63) is 89.2 Å². The Kier molecular flexibility index (Phi) is 7.12. The lowest BCUT2D eigenvalue weighted by Crippen LogP contribution is -2.28. The number of benzene rings is 3. The van der Waals surface area contributed by atoms with Gasteiger partial charge in [-0.2, -0.15) is 4.98 Å². The molecule has 0 aliphatic carbocycles. The molecule has 0 fully saturated rings. The zero-order valence-electron chi connectivity index (χ0n) is 21.3. The lowest BCUT2D eigenvalue weighted by atomic mass is 9.93. The third-order valence-electron chi connectivity index (χ3n) is 6.53. The number of nitrogens with zero attached hydrogens (tertiary/aromatic N) is 3. The number of carbonyl (C=O) groups is 1. The molecule has 2 atom stereocenters. The molecule has 1 aromatic heterocycles. The minimum Gasteiger partial charge on any atom is -0.497 e. The number of carbonyl (C=O) groups excluding carboxylic acids is 1. The molecule has 9 nitrogen and oxygen atoms in total. The van der Waals surface area contributed by atoms with Crippen molar-refractivity contribution in [1.82, 2.24) is 14.8 Å². The largest absolute Gasteiger partial charge is 0.497 e. The van der Waals surface area contributed by atoms with Crippen molar-refractivity contribution in [1.29, 1.82) is 0 Å². The van der Waals surface area contributed by atoms with Gasteiger partial charge in [0.1, 0.15) is 11.6 Å². The van der Waals surface area contributed by atoms with Crippen molar-refractivity contribution in [2.24, 2.45) is 0 Å². The Balaban J connectivity index is 1.39. The highest BCUT2D eigenvalue weighted by atomic mass is 19.1. The highest BCUT2D eigenvalue weighted by Crippen LogP contribution is 2.38. The summed E-state index contributed by atoms with van der Waals surface area (Å²) in [6, 6.07) is 19.2. The monoisotopic (exact) mass is 517 g/mol. The quantitative estimate of drug-likeness (QED) is 0.347. The summed E-state index contributed by atoms with van der Waals surface area (Å²) in [5.74, 6) is 2.01. The Morgan fingerprint density at radius 2 is 1.68 bits per heavy atom. The lowest BCUT2D eigenvalue weighted by Gasteiger charge is -2.31. The summed E-state index contributed by atoms with van der Waals surface area (Å²) < 4.78 is 31.3. The fourth-order valence-corrected chi connectivity index (χ4v) is 4.59. The van der Waals surface area contributed by atoms with Crippen LogP contribution in [0.1, 0.15) is 35.2 Å². The molecule has 0 saturated heterocycles. The number of aromatic nitrogens is 3. The summed E-state index contributed by atoms with van der Waals surface area (Å²) >= 11 is 0. The van der Waals surface area contributed by atoms with E-state index in [1.165, 1.54) is 12.1 Å². The van der Waals surface area contributed by atoms with Crippen LogP contribution in [0.4, 0.5) is 16.3 Å². The van der Waals surface area contributed by atoms with Crippen LogP contribution >= 0.6 is 0 Å². The van der Waals surface area contributed by atoms with Gasteiger partial charge < -0.3 is 19.5 Å². The number of amides is 1. The van der Waals surface area contributed by atoms with E-state index in [4.69, 9.17) is 14.2 Å². The highest BCUT2D eigenvalue weighted by molar-refractivity contribution is 5.90. The summed E-state index contributed by atoms with van der Waals surface area (Å²) in [6.45, 7) is 0. The van der Waals surface area contributed by atoms with E-state index in [0.717, 1.165) is 22.4 Å². The highest BCUT2D eigenvalue weighted by Gasteiger charge is 2.31. The number of halogens is 1. The van der Waals surface area contributed by atoms with Crippen LogP contribution in [0.15, 0.2) is 66.7 Å². The van der Waals surface area contributed by atoms with Gasteiger partial charge >= 0.3 is 0 Å². The molecule has 0 radical (unpaired) electrons. The van der Waals surface area contributed by atoms with Gasteiger partial charge in [0.2, 0.25) is 11.9 Å². The maximum Gasteiger partial charge on any atom is 0.250 e. The van der Waals surface area contributed by atoms with Gasteiger partial charge in [-0.1, -0.05) is 30.3 Å². The normalized spacial score (nSPS) is 16.2. The second kappa shape index (κ2) is 10.8. The first-order valence-corrected chi connectivity index (χ1v) is 12.1. The molecular formula is C28H28FN5O4. The predicted molar refractivity (Wildman–Crippen MR) is 140 cm³/mol. The molecule has 10 heteroatoms. The summed E-state index contributed by atoms with van der Waals surface area (Å²) in [4.78, 5) is 17.4. The van der Waals surface area contributed by atoms with Crippen molar-refractivity contribution < 1.29 is 23.4 Å². The number of anilines is 2. The second-order valence-corrected chi connectivity index (χ2v) is 8.89. The smallest absolute Gasteiger partial charge is 0.250 e. The molecule has 1 aliphatic rings. The Bertz CT molecular complexity index is 1420. The van der Waals surface area contributed by atoms with Gasteiger partial charge in [0.15, 0.2) is 11.5 Å². The zero-order valence-corrected chi connectivity index (χ0v) is 21.3. The van der Waals surface area contributed by atoms with Gasteiger partial charge in [0.25, 0.3) is 5.95 Å².